The second kappa shape index (κ2) is 6.35. The molecule has 2 aromatic rings. The van der Waals surface area contributed by atoms with E-state index in [4.69, 9.17) is 0 Å². The van der Waals surface area contributed by atoms with E-state index >= 15 is 0 Å². The molecule has 0 saturated heterocycles. The highest BCUT2D eigenvalue weighted by atomic mass is 19.1. The maximum absolute atomic E-state index is 14.2. The van der Waals surface area contributed by atoms with Gasteiger partial charge < -0.3 is 5.32 Å². The predicted octanol–water partition coefficient (Wildman–Crippen LogP) is 3.99. The first-order valence-electron chi connectivity index (χ1n) is 7.73. The highest BCUT2D eigenvalue weighted by molar-refractivity contribution is 5.34. The van der Waals surface area contributed by atoms with Gasteiger partial charge in [0, 0.05) is 29.4 Å². The highest BCUT2D eigenvalue weighted by Gasteiger charge is 2.32. The van der Waals surface area contributed by atoms with Crippen molar-refractivity contribution in [1.82, 2.24) is 10.3 Å². The number of fused-ring (bicyclic) bond motifs is 1. The van der Waals surface area contributed by atoms with Crippen LogP contribution in [0.2, 0.25) is 0 Å². The Morgan fingerprint density at radius 2 is 2.14 bits per heavy atom. The summed E-state index contributed by atoms with van der Waals surface area (Å²) in [6.45, 7) is 3.02. The van der Waals surface area contributed by atoms with Crippen molar-refractivity contribution < 1.29 is 4.39 Å². The van der Waals surface area contributed by atoms with Crippen LogP contribution in [0, 0.1) is 5.82 Å². The fourth-order valence-electron chi connectivity index (χ4n) is 3.26. The number of aromatic nitrogens is 1. The van der Waals surface area contributed by atoms with Crippen molar-refractivity contribution in [2.24, 2.45) is 0 Å². The highest BCUT2D eigenvalue weighted by Crippen LogP contribution is 2.40. The average Bonchev–Trinajstić information content (AvgIpc) is 2.93. The topological polar surface area (TPSA) is 24.9 Å². The van der Waals surface area contributed by atoms with Crippen LogP contribution in [0.1, 0.15) is 48.5 Å². The Balaban J connectivity index is 1.96. The molecule has 1 aromatic carbocycles. The molecule has 1 aliphatic carbocycles. The number of hydrogen-bond acceptors (Lipinski definition) is 2. The van der Waals surface area contributed by atoms with Crippen molar-refractivity contribution in [2.45, 2.75) is 38.1 Å². The summed E-state index contributed by atoms with van der Waals surface area (Å²) in [5.74, 6) is 0.125. The Labute approximate surface area is 125 Å². The molecule has 1 N–H and O–H groups in total. The van der Waals surface area contributed by atoms with Gasteiger partial charge in [-0.25, -0.2) is 4.39 Å². The molecule has 1 aromatic heterocycles. The van der Waals surface area contributed by atoms with Crippen molar-refractivity contribution in [1.29, 1.82) is 0 Å². The lowest BCUT2D eigenvalue weighted by molar-refractivity contribution is 0.421. The second-order valence-corrected chi connectivity index (χ2v) is 5.65. The Hall–Kier alpha value is -1.74. The van der Waals surface area contributed by atoms with Crippen LogP contribution in [0.15, 0.2) is 42.6 Å². The van der Waals surface area contributed by atoms with Gasteiger partial charge in [-0.2, -0.15) is 0 Å². The number of rotatable bonds is 5. The summed E-state index contributed by atoms with van der Waals surface area (Å²) in [5.41, 5.74) is 3.20. The molecule has 110 valence electrons. The molecule has 0 bridgehead atoms. The predicted molar refractivity (Wildman–Crippen MR) is 82.7 cm³/mol. The molecule has 3 heteroatoms. The van der Waals surface area contributed by atoms with Crippen LogP contribution in [0.5, 0.6) is 0 Å². The lowest BCUT2D eigenvalue weighted by atomic mass is 9.90. The number of aryl methyl sites for hydroxylation is 1. The van der Waals surface area contributed by atoms with E-state index in [0.717, 1.165) is 37.1 Å². The summed E-state index contributed by atoms with van der Waals surface area (Å²) in [4.78, 5) is 4.56. The van der Waals surface area contributed by atoms with Gasteiger partial charge in [0.1, 0.15) is 5.82 Å². The molecule has 0 amide bonds. The van der Waals surface area contributed by atoms with Crippen molar-refractivity contribution >= 4 is 0 Å². The van der Waals surface area contributed by atoms with Gasteiger partial charge in [-0.05, 0) is 43.5 Å². The van der Waals surface area contributed by atoms with E-state index in [2.05, 4.69) is 23.3 Å². The van der Waals surface area contributed by atoms with Crippen LogP contribution in [0.4, 0.5) is 4.39 Å². The van der Waals surface area contributed by atoms with E-state index in [1.807, 2.05) is 24.4 Å². The van der Waals surface area contributed by atoms with Crippen LogP contribution in [0.25, 0.3) is 0 Å². The first-order valence-corrected chi connectivity index (χ1v) is 7.73. The van der Waals surface area contributed by atoms with Gasteiger partial charge in [0.05, 0.1) is 0 Å². The molecule has 0 spiro atoms. The van der Waals surface area contributed by atoms with Gasteiger partial charge in [-0.1, -0.05) is 31.2 Å². The van der Waals surface area contributed by atoms with Gasteiger partial charge in [-0.15, -0.1) is 0 Å². The molecule has 0 radical (unpaired) electrons. The Kier molecular flexibility index (Phi) is 4.30. The summed E-state index contributed by atoms with van der Waals surface area (Å²) in [6.07, 6.45) is 4.94. The van der Waals surface area contributed by atoms with Crippen LogP contribution in [-0.2, 0) is 6.42 Å². The van der Waals surface area contributed by atoms with Gasteiger partial charge >= 0.3 is 0 Å². The first kappa shape index (κ1) is 14.2. The zero-order valence-corrected chi connectivity index (χ0v) is 12.3. The zero-order valence-electron chi connectivity index (χ0n) is 12.3. The molecule has 1 heterocycles. The second-order valence-electron chi connectivity index (χ2n) is 5.65. The molecule has 0 fully saturated rings. The molecular weight excluding hydrogens is 263 g/mol. The van der Waals surface area contributed by atoms with E-state index in [1.54, 1.807) is 12.1 Å². The summed E-state index contributed by atoms with van der Waals surface area (Å²) in [7, 11) is 0. The number of nitrogens with one attached hydrogen (secondary N) is 1. The molecular formula is C18H21FN2. The zero-order chi connectivity index (χ0) is 14.7. The number of pyridine rings is 1. The fraction of sp³-hybridized carbons (Fsp3) is 0.389. The Morgan fingerprint density at radius 3 is 2.95 bits per heavy atom. The molecule has 21 heavy (non-hydrogen) atoms. The van der Waals surface area contributed by atoms with E-state index in [9.17, 15) is 4.39 Å². The monoisotopic (exact) mass is 284 g/mol. The largest absolute Gasteiger partial charge is 0.309 e. The minimum absolute atomic E-state index is 0.00213. The normalized spacial score (nSPS) is 18.5. The minimum Gasteiger partial charge on any atom is -0.309 e. The molecule has 1 aliphatic rings. The van der Waals surface area contributed by atoms with Gasteiger partial charge in [0.25, 0.3) is 0 Å². The van der Waals surface area contributed by atoms with Crippen molar-refractivity contribution in [3.8, 4) is 0 Å². The standard InChI is InChI=1S/C18H21FN2/c1-2-11-20-18(14-7-3-4-8-16(14)19)15-10-9-13-6-5-12-21-17(13)15/h3-8,12,15,18,20H,2,9-11H2,1H3. The maximum atomic E-state index is 14.2. The summed E-state index contributed by atoms with van der Waals surface area (Å²) in [6, 6.07) is 11.2. The van der Waals surface area contributed by atoms with Gasteiger partial charge in [0.2, 0.25) is 0 Å². The van der Waals surface area contributed by atoms with E-state index in [-0.39, 0.29) is 17.8 Å². The fourth-order valence-corrected chi connectivity index (χ4v) is 3.26. The van der Waals surface area contributed by atoms with Crippen LogP contribution >= 0.6 is 0 Å². The third-order valence-electron chi connectivity index (χ3n) is 4.26. The maximum Gasteiger partial charge on any atom is 0.128 e. The molecule has 2 atom stereocenters. The molecule has 2 unspecified atom stereocenters. The average molecular weight is 284 g/mol. The quantitative estimate of drug-likeness (QED) is 0.898. The first-order chi connectivity index (χ1) is 10.3. The third-order valence-corrected chi connectivity index (χ3v) is 4.26. The van der Waals surface area contributed by atoms with Crippen molar-refractivity contribution in [2.75, 3.05) is 6.54 Å². The minimum atomic E-state index is -0.129. The molecule has 2 nitrogen and oxygen atoms in total. The van der Waals surface area contributed by atoms with E-state index in [1.165, 1.54) is 5.56 Å². The van der Waals surface area contributed by atoms with E-state index in [0.29, 0.717) is 0 Å². The summed E-state index contributed by atoms with van der Waals surface area (Å²) < 4.78 is 14.2. The van der Waals surface area contributed by atoms with Crippen LogP contribution in [-0.4, -0.2) is 11.5 Å². The summed E-state index contributed by atoms with van der Waals surface area (Å²) in [5, 5.41) is 3.53. The van der Waals surface area contributed by atoms with Gasteiger partial charge in [-0.3, -0.25) is 4.98 Å². The number of benzene rings is 1. The van der Waals surface area contributed by atoms with E-state index < -0.39 is 0 Å². The SMILES string of the molecule is CCCNC(c1ccccc1F)C1CCc2cccnc21. The Morgan fingerprint density at radius 1 is 1.29 bits per heavy atom. The smallest absolute Gasteiger partial charge is 0.128 e. The lowest BCUT2D eigenvalue weighted by Crippen LogP contribution is -2.28. The lowest BCUT2D eigenvalue weighted by Gasteiger charge is -2.26. The number of halogens is 1. The van der Waals surface area contributed by atoms with Crippen LogP contribution < -0.4 is 5.32 Å². The summed E-state index contributed by atoms with van der Waals surface area (Å²) >= 11 is 0. The van der Waals surface area contributed by atoms with Crippen molar-refractivity contribution in [3.63, 3.8) is 0 Å². The molecule has 3 rings (SSSR count). The van der Waals surface area contributed by atoms with Gasteiger partial charge in [0.15, 0.2) is 0 Å². The molecule has 0 aliphatic heterocycles. The number of nitrogens with zero attached hydrogens (tertiary/aromatic N) is 1. The Bertz CT molecular complexity index is 612. The van der Waals surface area contributed by atoms with Crippen LogP contribution in [0.3, 0.4) is 0 Å². The third kappa shape index (κ3) is 2.84. The number of hydrogen-bond donors (Lipinski definition) is 1. The molecule has 0 saturated carbocycles. The van der Waals surface area contributed by atoms with Crippen molar-refractivity contribution in [3.05, 3.63) is 65.2 Å².